The Morgan fingerprint density at radius 2 is 2.17 bits per heavy atom. The van der Waals surface area contributed by atoms with Crippen LogP contribution < -0.4 is 11.1 Å². The molecular formula is C11H15N3O3S. The minimum absolute atomic E-state index is 0.0836. The first-order valence-electron chi connectivity index (χ1n) is 5.73. The summed E-state index contributed by atoms with van der Waals surface area (Å²) in [7, 11) is -3.32. The van der Waals surface area contributed by atoms with Crippen LogP contribution >= 0.6 is 0 Å². The van der Waals surface area contributed by atoms with Crippen molar-refractivity contribution in [1.29, 1.82) is 0 Å². The highest BCUT2D eigenvalue weighted by molar-refractivity contribution is 7.92. The Balaban J connectivity index is 2.10. The van der Waals surface area contributed by atoms with Crippen LogP contribution in [0.4, 0.5) is 11.5 Å². The fraction of sp³-hybridized carbons (Fsp3) is 0.455. The average molecular weight is 269 g/mol. The summed E-state index contributed by atoms with van der Waals surface area (Å²) < 4.78 is 23.5. The maximum Gasteiger partial charge on any atom is 0.243 e. The Morgan fingerprint density at radius 1 is 1.39 bits per heavy atom. The lowest BCUT2D eigenvalue weighted by Crippen LogP contribution is -2.39. The molecule has 1 aromatic heterocycles. The Kier molecular flexibility index (Phi) is 3.51. The summed E-state index contributed by atoms with van der Waals surface area (Å²) >= 11 is 0. The molecule has 1 saturated heterocycles. The average Bonchev–Trinajstić information content (AvgIpc) is 2.31. The summed E-state index contributed by atoms with van der Waals surface area (Å²) in [5, 5.41) is 1.56. The number of hydrogen-bond donors (Lipinski definition) is 2. The van der Waals surface area contributed by atoms with Gasteiger partial charge in [0.2, 0.25) is 5.91 Å². The molecule has 0 aromatic carbocycles. The number of nitrogens with two attached hydrogens (primary N) is 1. The van der Waals surface area contributed by atoms with Crippen molar-refractivity contribution in [3.05, 3.63) is 18.3 Å². The van der Waals surface area contributed by atoms with E-state index in [-0.39, 0.29) is 5.75 Å². The fourth-order valence-corrected chi connectivity index (χ4v) is 3.74. The number of carbonyl (C=O) groups excluding carboxylic acids is 1. The second kappa shape index (κ2) is 4.93. The number of amides is 1. The first kappa shape index (κ1) is 12.8. The lowest BCUT2D eigenvalue weighted by Gasteiger charge is -2.21. The van der Waals surface area contributed by atoms with E-state index in [1.54, 1.807) is 12.1 Å². The highest BCUT2D eigenvalue weighted by Crippen LogP contribution is 2.20. The number of carbonyl (C=O) groups is 1. The molecule has 0 spiro atoms. The molecule has 6 nitrogen and oxygen atoms in total. The summed E-state index contributed by atoms with van der Waals surface area (Å²) in [6.07, 6.45) is 3.17. The maximum absolute atomic E-state index is 11.9. The van der Waals surface area contributed by atoms with Crippen LogP contribution in [0.15, 0.2) is 18.3 Å². The molecule has 2 heterocycles. The zero-order valence-electron chi connectivity index (χ0n) is 9.80. The Morgan fingerprint density at radius 3 is 2.78 bits per heavy atom. The van der Waals surface area contributed by atoms with E-state index in [0.717, 1.165) is 6.42 Å². The summed E-state index contributed by atoms with van der Waals surface area (Å²) in [4.78, 5) is 15.8. The monoisotopic (exact) mass is 269 g/mol. The van der Waals surface area contributed by atoms with Crippen molar-refractivity contribution in [3.8, 4) is 0 Å². The summed E-state index contributed by atoms with van der Waals surface area (Å²) in [5.74, 6) is -0.109. The topological polar surface area (TPSA) is 102 Å². The van der Waals surface area contributed by atoms with Gasteiger partial charge in [0, 0.05) is 0 Å². The molecule has 1 aliphatic rings. The molecule has 7 heteroatoms. The van der Waals surface area contributed by atoms with Gasteiger partial charge in [0.25, 0.3) is 0 Å². The highest BCUT2D eigenvalue weighted by Gasteiger charge is 2.34. The van der Waals surface area contributed by atoms with Gasteiger partial charge in [-0.2, -0.15) is 0 Å². The van der Waals surface area contributed by atoms with Crippen molar-refractivity contribution < 1.29 is 13.2 Å². The van der Waals surface area contributed by atoms with Crippen molar-refractivity contribution in [3.63, 3.8) is 0 Å². The van der Waals surface area contributed by atoms with E-state index in [1.165, 1.54) is 6.20 Å². The number of anilines is 2. The van der Waals surface area contributed by atoms with Crippen molar-refractivity contribution in [2.24, 2.45) is 0 Å². The molecule has 1 aliphatic heterocycles. The van der Waals surface area contributed by atoms with Crippen LogP contribution in [0.5, 0.6) is 0 Å². The third-order valence-corrected chi connectivity index (χ3v) is 5.08. The smallest absolute Gasteiger partial charge is 0.243 e. The van der Waals surface area contributed by atoms with Crippen LogP contribution in [-0.2, 0) is 14.6 Å². The third kappa shape index (κ3) is 2.79. The standard InChI is InChI=1S/C11H15N3O3S/c12-8-4-5-10(13-7-8)14-11(15)9-3-1-2-6-18(9,16)17/h4-5,7,9H,1-3,6,12H2,(H,13,14,15). The van der Waals surface area contributed by atoms with E-state index < -0.39 is 21.0 Å². The third-order valence-electron chi connectivity index (χ3n) is 2.91. The Hall–Kier alpha value is -1.63. The maximum atomic E-state index is 11.9. The molecular weight excluding hydrogens is 254 g/mol. The molecule has 18 heavy (non-hydrogen) atoms. The number of sulfone groups is 1. The number of nitrogen functional groups attached to an aromatic ring is 1. The number of nitrogens with zero attached hydrogens (tertiary/aromatic N) is 1. The van der Waals surface area contributed by atoms with Crippen LogP contribution in [0.3, 0.4) is 0 Å². The predicted octanol–water partition coefficient (Wildman–Crippen LogP) is 0.570. The Labute approximate surface area is 106 Å². The van der Waals surface area contributed by atoms with Gasteiger partial charge < -0.3 is 11.1 Å². The normalized spacial score (nSPS) is 22.3. The summed E-state index contributed by atoms with van der Waals surface area (Å²) in [5.41, 5.74) is 5.96. The molecule has 98 valence electrons. The van der Waals surface area contributed by atoms with Crippen molar-refractivity contribution in [1.82, 2.24) is 4.98 Å². The van der Waals surface area contributed by atoms with E-state index in [2.05, 4.69) is 10.3 Å². The molecule has 3 N–H and O–H groups in total. The summed E-state index contributed by atoms with van der Waals surface area (Å²) in [6, 6.07) is 3.14. The van der Waals surface area contributed by atoms with Gasteiger partial charge in [-0.3, -0.25) is 4.79 Å². The highest BCUT2D eigenvalue weighted by atomic mass is 32.2. The predicted molar refractivity (Wildman–Crippen MR) is 68.7 cm³/mol. The molecule has 0 radical (unpaired) electrons. The van der Waals surface area contributed by atoms with E-state index >= 15 is 0 Å². The van der Waals surface area contributed by atoms with Gasteiger partial charge in [0.15, 0.2) is 9.84 Å². The van der Waals surface area contributed by atoms with Gasteiger partial charge in [-0.05, 0) is 25.0 Å². The van der Waals surface area contributed by atoms with Gasteiger partial charge in [0.05, 0.1) is 17.6 Å². The largest absolute Gasteiger partial charge is 0.397 e. The second-order valence-electron chi connectivity index (χ2n) is 4.32. The van der Waals surface area contributed by atoms with Crippen molar-refractivity contribution >= 4 is 27.2 Å². The van der Waals surface area contributed by atoms with Crippen LogP contribution in [0.2, 0.25) is 0 Å². The molecule has 1 aromatic rings. The molecule has 0 bridgehead atoms. The summed E-state index contributed by atoms with van der Waals surface area (Å²) in [6.45, 7) is 0. The molecule has 0 aliphatic carbocycles. The number of aromatic nitrogens is 1. The van der Waals surface area contributed by atoms with Crippen LogP contribution in [0.25, 0.3) is 0 Å². The molecule has 1 atom stereocenters. The Bertz CT molecular complexity index is 539. The quantitative estimate of drug-likeness (QED) is 0.817. The van der Waals surface area contributed by atoms with Crippen molar-refractivity contribution in [2.75, 3.05) is 16.8 Å². The van der Waals surface area contributed by atoms with Crippen molar-refractivity contribution in [2.45, 2.75) is 24.5 Å². The van der Waals surface area contributed by atoms with E-state index in [0.29, 0.717) is 24.3 Å². The molecule has 2 rings (SSSR count). The number of nitrogens with one attached hydrogen (secondary N) is 1. The SMILES string of the molecule is Nc1ccc(NC(=O)C2CCCCS2(=O)=O)nc1. The molecule has 0 saturated carbocycles. The molecule has 1 amide bonds. The first-order chi connectivity index (χ1) is 8.49. The number of pyridine rings is 1. The number of hydrogen-bond acceptors (Lipinski definition) is 5. The molecule has 1 unspecified atom stereocenters. The van der Waals surface area contributed by atoms with Crippen LogP contribution in [0, 0.1) is 0 Å². The molecule has 1 fully saturated rings. The van der Waals surface area contributed by atoms with Gasteiger partial charge in [-0.1, -0.05) is 6.42 Å². The lowest BCUT2D eigenvalue weighted by atomic mass is 10.2. The minimum Gasteiger partial charge on any atom is -0.397 e. The van der Waals surface area contributed by atoms with Gasteiger partial charge in [-0.15, -0.1) is 0 Å². The van der Waals surface area contributed by atoms with E-state index in [1.807, 2.05) is 0 Å². The second-order valence-corrected chi connectivity index (χ2v) is 6.62. The zero-order valence-corrected chi connectivity index (χ0v) is 10.6. The fourth-order valence-electron chi connectivity index (χ4n) is 1.93. The zero-order chi connectivity index (χ0) is 13.2. The van der Waals surface area contributed by atoms with Gasteiger partial charge >= 0.3 is 0 Å². The minimum atomic E-state index is -3.32. The van der Waals surface area contributed by atoms with E-state index in [4.69, 9.17) is 5.73 Å². The first-order valence-corrected chi connectivity index (χ1v) is 7.44. The number of rotatable bonds is 2. The van der Waals surface area contributed by atoms with Crippen LogP contribution in [0.1, 0.15) is 19.3 Å². The van der Waals surface area contributed by atoms with E-state index in [9.17, 15) is 13.2 Å². The van der Waals surface area contributed by atoms with Gasteiger partial charge in [-0.25, -0.2) is 13.4 Å². The van der Waals surface area contributed by atoms with Gasteiger partial charge in [0.1, 0.15) is 11.1 Å². The lowest BCUT2D eigenvalue weighted by molar-refractivity contribution is -0.116. The van der Waals surface area contributed by atoms with Crippen LogP contribution in [-0.4, -0.2) is 30.3 Å².